The van der Waals surface area contributed by atoms with Crippen molar-refractivity contribution in [3.05, 3.63) is 0 Å². The summed E-state index contributed by atoms with van der Waals surface area (Å²) in [6.07, 6.45) is 5.44. The molecule has 18 heavy (non-hydrogen) atoms. The van der Waals surface area contributed by atoms with Crippen LogP contribution >= 0.6 is 17.1 Å². The van der Waals surface area contributed by atoms with Gasteiger partial charge in [0.05, 0.1) is 0 Å². The molecule has 0 fully saturated rings. The average Bonchev–Trinajstić information content (AvgIpc) is 2.15. The fourth-order valence-corrected chi connectivity index (χ4v) is 6.14. The van der Waals surface area contributed by atoms with Crippen LogP contribution in [0.2, 0.25) is 0 Å². The fourth-order valence-electron chi connectivity index (χ4n) is 2.07. The van der Waals surface area contributed by atoms with Gasteiger partial charge in [-0.1, -0.05) is 47.0 Å². The third kappa shape index (κ3) is 11.4. The zero-order valence-corrected chi connectivity index (χ0v) is 17.5. The van der Waals surface area contributed by atoms with Crippen LogP contribution in [0, 0.1) is 11.8 Å². The van der Waals surface area contributed by atoms with Crippen LogP contribution in [-0.4, -0.2) is 5.25 Å². The van der Waals surface area contributed by atoms with Crippen LogP contribution < -0.4 is 9.79 Å². The molecule has 2 nitrogen and oxygen atoms in total. The number of hydrogen-bond acceptors (Lipinski definition) is 4. The molecular weight excluding hydrogens is 337 g/mol. The van der Waals surface area contributed by atoms with E-state index >= 15 is 0 Å². The van der Waals surface area contributed by atoms with Gasteiger partial charge in [0, 0.05) is 5.25 Å². The van der Waals surface area contributed by atoms with Gasteiger partial charge in [-0.25, -0.2) is 0 Å². The van der Waals surface area contributed by atoms with Crippen LogP contribution in [0.25, 0.3) is 0 Å². The van der Waals surface area contributed by atoms with Gasteiger partial charge in [-0.2, -0.15) is 17.1 Å². The summed E-state index contributed by atoms with van der Waals surface area (Å²) in [5.74, 6) is 0.998. The Morgan fingerprint density at radius 3 is 2.11 bits per heavy atom. The van der Waals surface area contributed by atoms with E-state index in [0.717, 1.165) is 30.6 Å². The van der Waals surface area contributed by atoms with Crippen molar-refractivity contribution >= 4 is 28.9 Å². The Morgan fingerprint density at radius 1 is 1.22 bits per heavy atom. The molecule has 0 heterocycles. The molecule has 0 saturated carbocycles. The van der Waals surface area contributed by atoms with Crippen LogP contribution in [0.3, 0.4) is 0 Å². The second kappa shape index (κ2) is 11.2. The summed E-state index contributed by atoms with van der Waals surface area (Å²) in [6, 6.07) is 0. The Labute approximate surface area is 134 Å². The predicted octanol–water partition coefficient (Wildman–Crippen LogP) is 3.29. The zero-order valence-electron chi connectivity index (χ0n) is 12.1. The smallest absolute Gasteiger partial charge is 0.825 e. The molecule has 0 aliphatic rings. The number of hydrogen-bond donors (Lipinski definition) is 0. The van der Waals surface area contributed by atoms with Crippen molar-refractivity contribution in [2.75, 3.05) is 0 Å². The molecule has 6 heteroatoms. The minimum Gasteiger partial charge on any atom is -0.825 e. The van der Waals surface area contributed by atoms with Gasteiger partial charge in [-0.15, -0.1) is 11.8 Å². The Hall–Kier alpha value is 1.54. The third-order valence-electron chi connectivity index (χ3n) is 2.95. The van der Waals surface area contributed by atoms with Gasteiger partial charge in [-0.3, -0.25) is 0 Å². The normalized spacial score (nSPS) is 15.3. The molecule has 0 aromatic heterocycles. The Kier molecular flexibility index (Phi) is 13.6. The van der Waals surface area contributed by atoms with Gasteiger partial charge in [0.2, 0.25) is 0 Å². The van der Waals surface area contributed by atoms with Crippen molar-refractivity contribution in [2.45, 2.75) is 65.0 Å². The van der Waals surface area contributed by atoms with E-state index in [4.69, 9.17) is 0 Å². The maximum absolute atomic E-state index is 11.3. The quantitative estimate of drug-likeness (QED) is 0.467. The minimum absolute atomic E-state index is 0. The summed E-state index contributed by atoms with van der Waals surface area (Å²) in [5.41, 5.74) is -3.63. The number of rotatable bonds is 9. The molecule has 2 unspecified atom stereocenters. The summed E-state index contributed by atoms with van der Waals surface area (Å²) < 4.78 is 0. The molecule has 0 rings (SSSR count). The molecule has 0 aliphatic heterocycles. The van der Waals surface area contributed by atoms with E-state index in [1.807, 2.05) is 0 Å². The van der Waals surface area contributed by atoms with E-state index in [2.05, 4.69) is 39.5 Å². The van der Waals surface area contributed by atoms with Crippen molar-refractivity contribution in [1.82, 2.24) is 0 Å². The first-order valence-electron chi connectivity index (χ1n) is 6.50. The Bertz CT molecular complexity index is 246. The summed E-state index contributed by atoms with van der Waals surface area (Å²) in [6.45, 7) is 8.59. The number of unbranched alkanes of at least 4 members (excludes halogenated alkanes) is 1. The van der Waals surface area contributed by atoms with Gasteiger partial charge < -0.3 is 9.79 Å². The van der Waals surface area contributed by atoms with E-state index in [-0.39, 0.29) is 24.7 Å². The zero-order chi connectivity index (χ0) is 13.5. The standard InChI is InChI=1S/C12H27O2PS2.Zn/c1-5-7-8-11(6-2)12(9-10(3)4)17-15(13,14)16;/h10-12H,5-9H2,1-4H3,(H2,13,14,16);/q;+2/p-2. The van der Waals surface area contributed by atoms with E-state index in [9.17, 15) is 9.79 Å². The monoisotopic (exact) mass is 360 g/mol. The molecule has 0 N–H and O–H groups in total. The van der Waals surface area contributed by atoms with E-state index < -0.39 is 5.69 Å². The first-order chi connectivity index (χ1) is 7.80. The second-order valence-corrected chi connectivity index (χ2v) is 11.0. The first-order valence-corrected chi connectivity index (χ1v) is 10.6. The van der Waals surface area contributed by atoms with Crippen LogP contribution in [0.5, 0.6) is 0 Å². The largest absolute Gasteiger partial charge is 2.00 e. The summed E-state index contributed by atoms with van der Waals surface area (Å²) >= 11 is 5.58. The van der Waals surface area contributed by atoms with Gasteiger partial charge in [0.1, 0.15) is 0 Å². The second-order valence-electron chi connectivity index (χ2n) is 5.03. The molecule has 0 amide bonds. The summed E-state index contributed by atoms with van der Waals surface area (Å²) in [5, 5.41) is 0.174. The fraction of sp³-hybridized carbons (Fsp3) is 1.00. The molecule has 0 saturated heterocycles. The third-order valence-corrected chi connectivity index (χ3v) is 6.41. The molecule has 0 aliphatic carbocycles. The molecule has 104 valence electrons. The van der Waals surface area contributed by atoms with Gasteiger partial charge in [-0.05, 0) is 24.7 Å². The summed E-state index contributed by atoms with van der Waals surface area (Å²) in [4.78, 5) is 22.6. The molecule has 0 bridgehead atoms. The molecule has 0 radical (unpaired) electrons. The molecule has 0 aromatic rings. The van der Waals surface area contributed by atoms with Crippen molar-refractivity contribution in [3.63, 3.8) is 0 Å². The van der Waals surface area contributed by atoms with Gasteiger partial charge >= 0.3 is 19.5 Å². The average molecular weight is 362 g/mol. The molecule has 0 aromatic carbocycles. The van der Waals surface area contributed by atoms with Gasteiger partial charge in [0.25, 0.3) is 0 Å². The van der Waals surface area contributed by atoms with E-state index in [1.54, 1.807) is 0 Å². The van der Waals surface area contributed by atoms with Crippen LogP contribution in [-0.2, 0) is 31.3 Å². The maximum Gasteiger partial charge on any atom is 2.00 e. The van der Waals surface area contributed by atoms with Crippen molar-refractivity contribution in [2.24, 2.45) is 11.8 Å². The van der Waals surface area contributed by atoms with Gasteiger partial charge in [0.15, 0.2) is 0 Å². The Morgan fingerprint density at radius 2 is 1.78 bits per heavy atom. The topological polar surface area (TPSA) is 46.1 Å². The minimum atomic E-state index is -3.63. The molecular formula is C12H25O2PS2Zn. The van der Waals surface area contributed by atoms with Crippen LogP contribution in [0.4, 0.5) is 0 Å². The summed E-state index contributed by atoms with van der Waals surface area (Å²) in [7, 11) is 0. The predicted molar refractivity (Wildman–Crippen MR) is 78.4 cm³/mol. The van der Waals surface area contributed by atoms with E-state index in [0.29, 0.717) is 11.8 Å². The molecule has 2 atom stereocenters. The van der Waals surface area contributed by atoms with Crippen molar-refractivity contribution < 1.29 is 29.3 Å². The van der Waals surface area contributed by atoms with E-state index in [1.165, 1.54) is 12.8 Å². The van der Waals surface area contributed by atoms with Crippen LogP contribution in [0.1, 0.15) is 59.8 Å². The van der Waals surface area contributed by atoms with Crippen molar-refractivity contribution in [1.29, 1.82) is 0 Å². The molecule has 0 spiro atoms. The maximum atomic E-state index is 11.3. The first kappa shape index (κ1) is 21.8. The Balaban J connectivity index is 0. The van der Waals surface area contributed by atoms with Crippen molar-refractivity contribution in [3.8, 4) is 0 Å². The van der Waals surface area contributed by atoms with Crippen LogP contribution in [0.15, 0.2) is 0 Å². The SMILES string of the molecule is CCCCC(CC)C(CC(C)C)SP([O-])([O-])=S.[Zn+2].